The molecule has 136 valence electrons. The number of H-pyrrole nitrogens is 1. The normalized spacial score (nSPS) is 13.8. The molecule has 2 aromatic heterocycles. The van der Waals surface area contributed by atoms with Crippen molar-refractivity contribution < 1.29 is 9.53 Å². The van der Waals surface area contributed by atoms with E-state index in [4.69, 9.17) is 4.74 Å². The van der Waals surface area contributed by atoms with Gasteiger partial charge in [-0.3, -0.25) is 9.89 Å². The molecule has 1 aliphatic heterocycles. The number of carbonyl (C=O) groups excluding carboxylic acids is 1. The molecular weight excluding hydrogens is 332 g/mol. The molecule has 1 aromatic carbocycles. The third-order valence-electron chi connectivity index (χ3n) is 4.80. The van der Waals surface area contributed by atoms with Crippen molar-refractivity contribution in [2.45, 2.75) is 13.0 Å². The zero-order valence-electron chi connectivity index (χ0n) is 15.0. The predicted molar refractivity (Wildman–Crippen MR) is 98.1 cm³/mol. The van der Waals surface area contributed by atoms with E-state index in [0.29, 0.717) is 31.8 Å². The molecule has 0 fully saturated rings. The van der Waals surface area contributed by atoms with Gasteiger partial charge in [-0.1, -0.05) is 0 Å². The monoisotopic (exact) mass is 354 g/mol. The lowest BCUT2D eigenvalue weighted by Crippen LogP contribution is -2.35. The number of ether oxygens (including phenoxy) is 1. The van der Waals surface area contributed by atoms with Crippen LogP contribution in [0.5, 0.6) is 0 Å². The Balaban J connectivity index is 1.56. The zero-order chi connectivity index (χ0) is 18.1. The number of amides is 1. The Morgan fingerprint density at radius 2 is 2.31 bits per heavy atom. The molecule has 8 nitrogen and oxygen atoms in total. The number of fused-ring (bicyclic) bond motifs is 2. The van der Waals surface area contributed by atoms with E-state index >= 15 is 0 Å². The summed E-state index contributed by atoms with van der Waals surface area (Å²) < 4.78 is 7.04. The van der Waals surface area contributed by atoms with Crippen LogP contribution < -0.4 is 5.32 Å². The number of imidazole rings is 1. The lowest BCUT2D eigenvalue weighted by atomic mass is 10.1. The molecule has 0 spiro atoms. The van der Waals surface area contributed by atoms with Crippen molar-refractivity contribution in [3.63, 3.8) is 0 Å². The average molecular weight is 354 g/mol. The van der Waals surface area contributed by atoms with Gasteiger partial charge < -0.3 is 19.5 Å². The molecule has 3 heterocycles. The van der Waals surface area contributed by atoms with Gasteiger partial charge in [-0.05, 0) is 18.2 Å². The van der Waals surface area contributed by atoms with Gasteiger partial charge in [0.25, 0.3) is 5.91 Å². The number of anilines is 1. The third-order valence-corrected chi connectivity index (χ3v) is 4.80. The maximum atomic E-state index is 12.9. The van der Waals surface area contributed by atoms with Gasteiger partial charge in [-0.2, -0.15) is 5.10 Å². The van der Waals surface area contributed by atoms with E-state index in [1.54, 1.807) is 13.3 Å². The maximum absolute atomic E-state index is 12.9. The summed E-state index contributed by atoms with van der Waals surface area (Å²) in [6.45, 7) is 2.57. The van der Waals surface area contributed by atoms with Crippen LogP contribution in [-0.4, -0.2) is 57.4 Å². The Hall–Kier alpha value is -2.87. The minimum atomic E-state index is 0.0262. The Labute approximate surface area is 151 Å². The Kier molecular flexibility index (Phi) is 4.34. The zero-order valence-corrected chi connectivity index (χ0v) is 15.0. The highest BCUT2D eigenvalue weighted by Crippen LogP contribution is 2.22. The number of aromatic nitrogens is 4. The van der Waals surface area contributed by atoms with E-state index < -0.39 is 0 Å². The van der Waals surface area contributed by atoms with Gasteiger partial charge in [0.05, 0.1) is 23.8 Å². The van der Waals surface area contributed by atoms with E-state index in [9.17, 15) is 4.79 Å². The first-order valence-electron chi connectivity index (χ1n) is 8.67. The van der Waals surface area contributed by atoms with Crippen molar-refractivity contribution in [1.29, 1.82) is 0 Å². The van der Waals surface area contributed by atoms with Crippen molar-refractivity contribution in [2.24, 2.45) is 7.05 Å². The first-order chi connectivity index (χ1) is 12.7. The molecule has 2 N–H and O–H groups in total. The van der Waals surface area contributed by atoms with Crippen LogP contribution in [0.3, 0.4) is 0 Å². The van der Waals surface area contributed by atoms with Crippen LogP contribution >= 0.6 is 0 Å². The number of aromatic amines is 1. The lowest BCUT2D eigenvalue weighted by molar-refractivity contribution is 0.0734. The molecular formula is C18H22N6O2. The van der Waals surface area contributed by atoms with Gasteiger partial charge in [0.15, 0.2) is 0 Å². The summed E-state index contributed by atoms with van der Waals surface area (Å²) in [6, 6.07) is 5.69. The van der Waals surface area contributed by atoms with E-state index in [1.165, 1.54) is 0 Å². The minimum absolute atomic E-state index is 0.0262. The number of carbonyl (C=O) groups is 1. The maximum Gasteiger partial charge on any atom is 0.254 e. The van der Waals surface area contributed by atoms with Crippen molar-refractivity contribution in [3.8, 4) is 0 Å². The number of nitrogens with zero attached hydrogens (tertiary/aromatic N) is 4. The van der Waals surface area contributed by atoms with Crippen LogP contribution in [0.25, 0.3) is 11.0 Å². The van der Waals surface area contributed by atoms with Crippen LogP contribution in [0.15, 0.2) is 24.4 Å². The molecule has 1 aliphatic rings. The van der Waals surface area contributed by atoms with Crippen LogP contribution in [0, 0.1) is 0 Å². The summed E-state index contributed by atoms with van der Waals surface area (Å²) in [5, 5.41) is 10.3. The first kappa shape index (κ1) is 16.6. The second-order valence-electron chi connectivity index (χ2n) is 6.47. The van der Waals surface area contributed by atoms with E-state index in [0.717, 1.165) is 34.7 Å². The highest BCUT2D eigenvalue weighted by molar-refractivity contribution is 5.97. The first-order valence-corrected chi connectivity index (χ1v) is 8.67. The number of hydrogen-bond acceptors (Lipinski definition) is 5. The molecule has 3 aromatic rings. The highest BCUT2D eigenvalue weighted by Gasteiger charge is 2.23. The van der Waals surface area contributed by atoms with Gasteiger partial charge in [-0.25, -0.2) is 4.98 Å². The smallest absolute Gasteiger partial charge is 0.254 e. The fourth-order valence-electron chi connectivity index (χ4n) is 3.33. The number of nitrogens with one attached hydrogen (secondary N) is 2. The van der Waals surface area contributed by atoms with Crippen molar-refractivity contribution in [2.75, 3.05) is 32.1 Å². The summed E-state index contributed by atoms with van der Waals surface area (Å²) in [7, 11) is 3.62. The molecule has 4 rings (SSSR count). The molecule has 8 heteroatoms. The Bertz CT molecular complexity index is 944. The molecule has 0 aliphatic carbocycles. The summed E-state index contributed by atoms with van der Waals surface area (Å²) in [6.07, 6.45) is 2.61. The summed E-state index contributed by atoms with van der Waals surface area (Å²) in [4.78, 5) is 19.4. The van der Waals surface area contributed by atoms with Crippen LogP contribution in [0.2, 0.25) is 0 Å². The van der Waals surface area contributed by atoms with Gasteiger partial charge in [0.1, 0.15) is 0 Å². The average Bonchev–Trinajstić information content (AvgIpc) is 3.25. The van der Waals surface area contributed by atoms with Gasteiger partial charge in [0, 0.05) is 57.0 Å². The van der Waals surface area contributed by atoms with Crippen molar-refractivity contribution in [1.82, 2.24) is 24.6 Å². The van der Waals surface area contributed by atoms with Gasteiger partial charge >= 0.3 is 0 Å². The van der Waals surface area contributed by atoms with Crippen molar-refractivity contribution >= 4 is 22.9 Å². The highest BCUT2D eigenvalue weighted by atomic mass is 16.5. The topological polar surface area (TPSA) is 88.1 Å². The molecule has 1 amide bonds. The van der Waals surface area contributed by atoms with Gasteiger partial charge in [-0.15, -0.1) is 0 Å². The van der Waals surface area contributed by atoms with Crippen LogP contribution in [0.1, 0.15) is 21.6 Å². The fraction of sp³-hybridized carbons (Fsp3) is 0.389. The van der Waals surface area contributed by atoms with Crippen LogP contribution in [-0.2, 0) is 24.8 Å². The largest absolute Gasteiger partial charge is 0.383 e. The molecule has 0 saturated heterocycles. The number of benzene rings is 1. The Morgan fingerprint density at radius 1 is 1.42 bits per heavy atom. The number of hydrogen-bond donors (Lipinski definition) is 2. The molecule has 0 saturated carbocycles. The van der Waals surface area contributed by atoms with E-state index in [-0.39, 0.29) is 5.91 Å². The molecule has 0 unspecified atom stereocenters. The fourth-order valence-corrected chi connectivity index (χ4v) is 3.33. The minimum Gasteiger partial charge on any atom is -0.383 e. The number of rotatable bonds is 5. The second kappa shape index (κ2) is 6.80. The third kappa shape index (κ3) is 2.92. The van der Waals surface area contributed by atoms with Gasteiger partial charge in [0.2, 0.25) is 5.95 Å². The SMILES string of the molecule is COCCNc1nc2cc(C(=O)N3CCc4[nH]ncc4C3)ccc2n1C. The Morgan fingerprint density at radius 3 is 3.15 bits per heavy atom. The molecule has 0 radical (unpaired) electrons. The lowest BCUT2D eigenvalue weighted by Gasteiger charge is -2.26. The van der Waals surface area contributed by atoms with E-state index in [1.807, 2.05) is 34.7 Å². The summed E-state index contributed by atoms with van der Waals surface area (Å²) in [5.41, 5.74) is 4.66. The van der Waals surface area contributed by atoms with E-state index in [2.05, 4.69) is 20.5 Å². The molecule has 0 bridgehead atoms. The number of methoxy groups -OCH3 is 1. The van der Waals surface area contributed by atoms with Crippen LogP contribution in [0.4, 0.5) is 5.95 Å². The van der Waals surface area contributed by atoms with Crippen molar-refractivity contribution in [3.05, 3.63) is 41.2 Å². The number of aryl methyl sites for hydroxylation is 1. The summed E-state index contributed by atoms with van der Waals surface area (Å²) in [5.74, 6) is 0.793. The second-order valence-corrected chi connectivity index (χ2v) is 6.47. The quantitative estimate of drug-likeness (QED) is 0.679. The standard InChI is InChI=1S/C18H22N6O2/c1-23-16-4-3-12(9-15(16)21-18(23)19-6-8-26-2)17(25)24-7-5-14-13(11-24)10-20-22-14/h3-4,9-10H,5-8,11H2,1-2H3,(H,19,21)(H,20,22). The summed E-state index contributed by atoms with van der Waals surface area (Å²) >= 11 is 0. The predicted octanol–water partition coefficient (Wildman–Crippen LogP) is 1.55. The molecule has 26 heavy (non-hydrogen) atoms. The molecule has 0 atom stereocenters.